The predicted molar refractivity (Wildman–Crippen MR) is 106 cm³/mol. The van der Waals surface area contributed by atoms with E-state index in [1.807, 2.05) is 18.9 Å². The zero-order chi connectivity index (χ0) is 18.7. The fraction of sp³-hybridized carbons (Fsp3) is 0.842. The summed E-state index contributed by atoms with van der Waals surface area (Å²) in [6, 6.07) is -0.402. The number of halogens is 1. The molecule has 3 rings (SSSR count). The van der Waals surface area contributed by atoms with Crippen LogP contribution in [0.4, 0.5) is 4.79 Å². The first-order valence-corrected chi connectivity index (χ1v) is 10.0. The monoisotopic (exact) mass is 400 g/mol. The Balaban J connectivity index is 0.00000261. The quantitative estimate of drug-likeness (QED) is 0.689. The molecule has 0 aromatic rings. The number of carbonyl (C=O) groups excluding carboxylic acids is 3. The summed E-state index contributed by atoms with van der Waals surface area (Å²) in [7, 11) is 1.96. The van der Waals surface area contributed by atoms with Crippen LogP contribution in [0.2, 0.25) is 0 Å². The van der Waals surface area contributed by atoms with Gasteiger partial charge in [0, 0.05) is 13.1 Å². The number of nitrogens with zero attached hydrogens (tertiary/aromatic N) is 2. The molecular weight excluding hydrogens is 368 g/mol. The number of piperidine rings is 1. The normalized spacial score (nSPS) is 29.0. The molecule has 2 unspecified atom stereocenters. The first-order valence-electron chi connectivity index (χ1n) is 10.0. The summed E-state index contributed by atoms with van der Waals surface area (Å²) in [5, 5.41) is 6.09. The minimum absolute atomic E-state index is 0. The van der Waals surface area contributed by atoms with Gasteiger partial charge in [-0.15, -0.1) is 12.4 Å². The van der Waals surface area contributed by atoms with E-state index in [0.29, 0.717) is 12.3 Å². The van der Waals surface area contributed by atoms with Crippen molar-refractivity contribution < 1.29 is 14.4 Å². The Morgan fingerprint density at radius 3 is 2.56 bits per heavy atom. The summed E-state index contributed by atoms with van der Waals surface area (Å²) in [6.07, 6.45) is 6.77. The van der Waals surface area contributed by atoms with Gasteiger partial charge in [-0.3, -0.25) is 14.5 Å². The highest BCUT2D eigenvalue weighted by atomic mass is 35.5. The third kappa shape index (κ3) is 4.40. The van der Waals surface area contributed by atoms with Gasteiger partial charge in [0.15, 0.2) is 0 Å². The molecule has 3 aliphatic rings. The standard InChI is InChI=1S/C19H32N4O3.ClH/c1-14-5-3-4-9-19(14)17(25)23(18(26)21-19)13-16(24)22-11-7-15(8-12-22)6-10-20-2;/h14-15,20H,3-13H2,1-2H3,(H,21,26);1H. The van der Waals surface area contributed by atoms with E-state index >= 15 is 0 Å². The summed E-state index contributed by atoms with van der Waals surface area (Å²) in [5.41, 5.74) is -0.782. The van der Waals surface area contributed by atoms with E-state index in [1.165, 1.54) is 0 Å². The van der Waals surface area contributed by atoms with E-state index in [-0.39, 0.29) is 36.7 Å². The highest BCUT2D eigenvalue weighted by molar-refractivity contribution is 6.09. The number of urea groups is 1. The smallest absolute Gasteiger partial charge is 0.325 e. The van der Waals surface area contributed by atoms with Gasteiger partial charge in [-0.1, -0.05) is 19.8 Å². The Morgan fingerprint density at radius 1 is 1.22 bits per heavy atom. The Hall–Kier alpha value is -1.34. The van der Waals surface area contributed by atoms with Crippen molar-refractivity contribution in [1.29, 1.82) is 0 Å². The van der Waals surface area contributed by atoms with E-state index in [4.69, 9.17) is 0 Å². The third-order valence-corrected chi connectivity index (χ3v) is 6.56. The Bertz CT molecular complexity index is 565. The first kappa shape index (κ1) is 22.0. The molecular formula is C19H33ClN4O3. The molecule has 4 amide bonds. The van der Waals surface area contributed by atoms with Gasteiger partial charge in [-0.05, 0) is 57.5 Å². The molecule has 2 aliphatic heterocycles. The molecule has 1 spiro atoms. The fourth-order valence-corrected chi connectivity index (χ4v) is 4.69. The molecule has 2 atom stereocenters. The molecule has 7 nitrogen and oxygen atoms in total. The first-order chi connectivity index (χ1) is 12.5. The molecule has 1 aliphatic carbocycles. The molecule has 2 N–H and O–H groups in total. The number of carbonyl (C=O) groups is 3. The minimum Gasteiger partial charge on any atom is -0.341 e. The lowest BCUT2D eigenvalue weighted by Gasteiger charge is -2.37. The average Bonchev–Trinajstić information content (AvgIpc) is 2.88. The van der Waals surface area contributed by atoms with E-state index in [0.717, 1.165) is 63.1 Å². The number of hydrogen-bond acceptors (Lipinski definition) is 4. The Labute approximate surface area is 168 Å². The average molecular weight is 401 g/mol. The van der Waals surface area contributed by atoms with Crippen LogP contribution in [0.25, 0.3) is 0 Å². The third-order valence-electron chi connectivity index (χ3n) is 6.56. The Kier molecular flexibility index (Phi) is 7.51. The van der Waals surface area contributed by atoms with Gasteiger partial charge in [-0.25, -0.2) is 4.79 Å². The van der Waals surface area contributed by atoms with Crippen molar-refractivity contribution in [3.63, 3.8) is 0 Å². The number of hydrogen-bond donors (Lipinski definition) is 2. The maximum absolute atomic E-state index is 13.0. The van der Waals surface area contributed by atoms with Gasteiger partial charge in [0.1, 0.15) is 12.1 Å². The van der Waals surface area contributed by atoms with Crippen molar-refractivity contribution >= 4 is 30.3 Å². The van der Waals surface area contributed by atoms with Crippen LogP contribution >= 0.6 is 12.4 Å². The van der Waals surface area contributed by atoms with Gasteiger partial charge in [-0.2, -0.15) is 0 Å². The molecule has 27 heavy (non-hydrogen) atoms. The van der Waals surface area contributed by atoms with Gasteiger partial charge in [0.25, 0.3) is 5.91 Å². The molecule has 0 bridgehead atoms. The van der Waals surface area contributed by atoms with Gasteiger partial charge in [0.2, 0.25) is 5.91 Å². The molecule has 8 heteroatoms. The Morgan fingerprint density at radius 2 is 1.93 bits per heavy atom. The number of nitrogens with one attached hydrogen (secondary N) is 2. The summed E-state index contributed by atoms with van der Waals surface area (Å²) in [6.45, 7) is 4.34. The molecule has 1 saturated carbocycles. The highest BCUT2D eigenvalue weighted by Crippen LogP contribution is 2.38. The largest absolute Gasteiger partial charge is 0.341 e. The van der Waals surface area contributed by atoms with Crippen molar-refractivity contribution in [3.8, 4) is 0 Å². The molecule has 0 aromatic heterocycles. The summed E-state index contributed by atoms with van der Waals surface area (Å²) >= 11 is 0. The van der Waals surface area contributed by atoms with Crippen molar-refractivity contribution in [2.45, 2.75) is 57.4 Å². The van der Waals surface area contributed by atoms with Gasteiger partial charge >= 0.3 is 6.03 Å². The maximum Gasteiger partial charge on any atom is 0.325 e. The topological polar surface area (TPSA) is 81.8 Å². The minimum atomic E-state index is -0.782. The molecule has 3 fully saturated rings. The van der Waals surface area contributed by atoms with Crippen molar-refractivity contribution in [3.05, 3.63) is 0 Å². The van der Waals surface area contributed by atoms with E-state index in [2.05, 4.69) is 10.6 Å². The highest BCUT2D eigenvalue weighted by Gasteiger charge is 2.55. The molecule has 2 saturated heterocycles. The second-order valence-corrected chi connectivity index (χ2v) is 8.16. The molecule has 0 aromatic carbocycles. The lowest BCUT2D eigenvalue weighted by Crippen LogP contribution is -2.54. The summed E-state index contributed by atoms with van der Waals surface area (Å²) < 4.78 is 0. The number of likely N-dealkylation sites (tertiary alicyclic amines) is 1. The summed E-state index contributed by atoms with van der Waals surface area (Å²) in [4.78, 5) is 41.0. The van der Waals surface area contributed by atoms with E-state index in [1.54, 1.807) is 0 Å². The molecule has 2 heterocycles. The van der Waals surface area contributed by atoms with Crippen LogP contribution in [-0.4, -0.2) is 66.4 Å². The molecule has 154 valence electrons. The van der Waals surface area contributed by atoms with Gasteiger partial charge in [0.05, 0.1) is 0 Å². The second-order valence-electron chi connectivity index (χ2n) is 8.16. The molecule has 0 radical (unpaired) electrons. The lowest BCUT2D eigenvalue weighted by molar-refractivity contribution is -0.141. The van der Waals surface area contributed by atoms with Gasteiger partial charge < -0.3 is 15.5 Å². The van der Waals surface area contributed by atoms with Crippen molar-refractivity contribution in [2.75, 3.05) is 33.2 Å². The number of imide groups is 1. The maximum atomic E-state index is 13.0. The van der Waals surface area contributed by atoms with Crippen LogP contribution in [0.3, 0.4) is 0 Å². The van der Waals surface area contributed by atoms with Crippen molar-refractivity contribution in [1.82, 2.24) is 20.4 Å². The van der Waals surface area contributed by atoms with Crippen LogP contribution in [0.5, 0.6) is 0 Å². The predicted octanol–water partition coefficient (Wildman–Crippen LogP) is 1.76. The van der Waals surface area contributed by atoms with Crippen LogP contribution < -0.4 is 10.6 Å². The van der Waals surface area contributed by atoms with E-state index < -0.39 is 11.6 Å². The number of amides is 4. The SMILES string of the molecule is CNCCC1CCN(C(=O)CN2C(=O)NC3(CCCCC3C)C2=O)CC1.Cl. The van der Waals surface area contributed by atoms with Crippen LogP contribution in [0, 0.1) is 11.8 Å². The zero-order valence-electron chi connectivity index (χ0n) is 16.5. The van der Waals surface area contributed by atoms with Crippen LogP contribution in [0.15, 0.2) is 0 Å². The second kappa shape index (κ2) is 9.24. The zero-order valence-corrected chi connectivity index (χ0v) is 17.3. The van der Waals surface area contributed by atoms with Crippen molar-refractivity contribution in [2.24, 2.45) is 11.8 Å². The number of rotatable bonds is 5. The van der Waals surface area contributed by atoms with Crippen LogP contribution in [-0.2, 0) is 9.59 Å². The van der Waals surface area contributed by atoms with E-state index in [9.17, 15) is 14.4 Å². The van der Waals surface area contributed by atoms with Crippen LogP contribution in [0.1, 0.15) is 51.9 Å². The summed E-state index contributed by atoms with van der Waals surface area (Å²) in [5.74, 6) is 0.457. The lowest BCUT2D eigenvalue weighted by atomic mass is 9.73. The fourth-order valence-electron chi connectivity index (χ4n) is 4.69.